The fourth-order valence-corrected chi connectivity index (χ4v) is 8.04. The molecule has 0 saturated heterocycles. The third-order valence-corrected chi connectivity index (χ3v) is 9.35. The van der Waals surface area contributed by atoms with Crippen LogP contribution < -0.4 is 20.1 Å². The first-order valence-corrected chi connectivity index (χ1v) is 13.3. The summed E-state index contributed by atoms with van der Waals surface area (Å²) in [5.41, 5.74) is 6.02. The van der Waals surface area contributed by atoms with Crippen molar-refractivity contribution in [3.63, 3.8) is 0 Å². The van der Waals surface area contributed by atoms with Gasteiger partial charge in [-0.1, -0.05) is 32.1 Å². The van der Waals surface area contributed by atoms with Gasteiger partial charge in [-0.3, -0.25) is 0 Å². The highest BCUT2D eigenvalue weighted by molar-refractivity contribution is 7.74. The molecule has 1 aliphatic carbocycles. The van der Waals surface area contributed by atoms with E-state index in [1.165, 1.54) is 16.2 Å². The van der Waals surface area contributed by atoms with Crippen molar-refractivity contribution in [3.8, 4) is 11.5 Å². The SMILES string of the molecule is COc1c(C)cc(P(c2cc(C)c(OC)c(C)c2)[C@@H]2C=CC=C2C2=N[C@H](C(C)C)CO2)cc1C. The van der Waals surface area contributed by atoms with Crippen molar-refractivity contribution in [1.29, 1.82) is 0 Å². The van der Waals surface area contributed by atoms with E-state index in [0.29, 0.717) is 12.5 Å². The van der Waals surface area contributed by atoms with Crippen LogP contribution in [-0.2, 0) is 4.74 Å². The number of rotatable bonds is 7. The second-order valence-corrected chi connectivity index (χ2v) is 11.9. The van der Waals surface area contributed by atoms with E-state index in [2.05, 4.69) is 84.0 Å². The summed E-state index contributed by atoms with van der Waals surface area (Å²) >= 11 is 0. The van der Waals surface area contributed by atoms with Crippen molar-refractivity contribution in [2.75, 3.05) is 20.8 Å². The predicted molar refractivity (Wildman–Crippen MR) is 144 cm³/mol. The van der Waals surface area contributed by atoms with E-state index in [4.69, 9.17) is 19.2 Å². The molecule has 1 aliphatic heterocycles. The molecule has 34 heavy (non-hydrogen) atoms. The van der Waals surface area contributed by atoms with Crippen molar-refractivity contribution >= 4 is 24.4 Å². The Morgan fingerprint density at radius 1 is 0.882 bits per heavy atom. The number of aryl methyl sites for hydroxylation is 4. The summed E-state index contributed by atoms with van der Waals surface area (Å²) in [6.07, 6.45) is 6.67. The van der Waals surface area contributed by atoms with Crippen LogP contribution in [0.25, 0.3) is 0 Å². The van der Waals surface area contributed by atoms with Gasteiger partial charge < -0.3 is 14.2 Å². The molecule has 0 N–H and O–H groups in total. The number of benzene rings is 2. The number of aliphatic imine (C=N–C) groups is 1. The minimum atomic E-state index is -0.764. The number of methoxy groups -OCH3 is 2. The highest BCUT2D eigenvalue weighted by atomic mass is 31.1. The van der Waals surface area contributed by atoms with Gasteiger partial charge in [0.05, 0.1) is 20.3 Å². The monoisotopic (exact) mass is 477 g/mol. The first kappa shape index (κ1) is 24.5. The van der Waals surface area contributed by atoms with E-state index in [1.807, 2.05) is 0 Å². The van der Waals surface area contributed by atoms with E-state index in [0.717, 1.165) is 39.7 Å². The standard InChI is InChI=1S/C29H36NO3P/c1-17(2)25-16-33-29(30-25)24-10-9-11-26(24)34(22-12-18(3)27(31-7)19(4)13-22)23-14-20(5)28(32-8)21(6)15-23/h9-15,17,25-26H,16H2,1-8H3/t25-,26+/m0/s1. The number of allylic oxidation sites excluding steroid dienone is 3. The Labute approximate surface area is 205 Å². The number of hydrogen-bond acceptors (Lipinski definition) is 4. The molecule has 0 unspecified atom stereocenters. The van der Waals surface area contributed by atoms with Crippen LogP contribution in [0.1, 0.15) is 36.1 Å². The van der Waals surface area contributed by atoms with Gasteiger partial charge in [-0.05, 0) is 98.7 Å². The topological polar surface area (TPSA) is 40.0 Å². The van der Waals surface area contributed by atoms with Crippen LogP contribution in [0, 0.1) is 33.6 Å². The zero-order valence-electron chi connectivity index (χ0n) is 21.6. The predicted octanol–water partition coefficient (Wildman–Crippen LogP) is 5.69. The molecule has 0 amide bonds. The van der Waals surface area contributed by atoms with Crippen LogP contribution >= 0.6 is 7.92 Å². The Morgan fingerprint density at radius 3 is 1.79 bits per heavy atom. The largest absolute Gasteiger partial charge is 0.496 e. The van der Waals surface area contributed by atoms with Crippen molar-refractivity contribution in [3.05, 3.63) is 70.3 Å². The molecule has 0 fully saturated rings. The number of hydrogen-bond donors (Lipinski definition) is 0. The molecule has 180 valence electrons. The first-order chi connectivity index (χ1) is 16.2. The molecule has 0 bridgehead atoms. The Morgan fingerprint density at radius 2 is 1.38 bits per heavy atom. The van der Waals surface area contributed by atoms with E-state index in [1.54, 1.807) is 14.2 Å². The Bertz CT molecular complexity index is 1070. The number of ether oxygens (including phenoxy) is 3. The molecule has 2 atom stereocenters. The van der Waals surface area contributed by atoms with Gasteiger partial charge in [0.25, 0.3) is 0 Å². The fraction of sp³-hybridized carbons (Fsp3) is 0.414. The van der Waals surface area contributed by atoms with Crippen LogP contribution in [0.4, 0.5) is 0 Å². The lowest BCUT2D eigenvalue weighted by Crippen LogP contribution is -2.25. The van der Waals surface area contributed by atoms with E-state index in [9.17, 15) is 0 Å². The first-order valence-electron chi connectivity index (χ1n) is 11.9. The quantitative estimate of drug-likeness (QED) is 0.481. The lowest BCUT2D eigenvalue weighted by Gasteiger charge is -2.28. The van der Waals surface area contributed by atoms with Gasteiger partial charge in [-0.15, -0.1) is 0 Å². The molecule has 0 saturated carbocycles. The Balaban J connectivity index is 1.85. The van der Waals surface area contributed by atoms with Gasteiger partial charge in [-0.2, -0.15) is 0 Å². The molecule has 0 spiro atoms. The van der Waals surface area contributed by atoms with Crippen molar-refractivity contribution < 1.29 is 14.2 Å². The van der Waals surface area contributed by atoms with Crippen LogP contribution in [0.5, 0.6) is 11.5 Å². The summed E-state index contributed by atoms with van der Waals surface area (Å²) in [6, 6.07) is 9.41. The number of nitrogens with zero attached hydrogens (tertiary/aromatic N) is 1. The Kier molecular flexibility index (Phi) is 7.19. The van der Waals surface area contributed by atoms with Gasteiger partial charge >= 0.3 is 0 Å². The normalized spacial score (nSPS) is 19.5. The van der Waals surface area contributed by atoms with Crippen LogP contribution in [0.2, 0.25) is 0 Å². The third-order valence-electron chi connectivity index (χ3n) is 6.71. The lowest BCUT2D eigenvalue weighted by molar-refractivity contribution is 0.291. The summed E-state index contributed by atoms with van der Waals surface area (Å²) in [5, 5.41) is 2.66. The van der Waals surface area contributed by atoms with Crippen molar-refractivity contribution in [1.82, 2.24) is 0 Å². The summed E-state index contributed by atoms with van der Waals surface area (Å²) < 4.78 is 17.5. The molecule has 4 rings (SSSR count). The van der Waals surface area contributed by atoms with E-state index < -0.39 is 7.92 Å². The Hall–Kier alpha value is -2.58. The third kappa shape index (κ3) is 4.53. The molecule has 5 heteroatoms. The van der Waals surface area contributed by atoms with Crippen LogP contribution in [0.15, 0.2) is 53.1 Å². The van der Waals surface area contributed by atoms with Crippen LogP contribution in [0.3, 0.4) is 0 Å². The molecule has 2 aromatic rings. The lowest BCUT2D eigenvalue weighted by atomic mass is 10.1. The smallest absolute Gasteiger partial charge is 0.213 e. The fourth-order valence-electron chi connectivity index (χ4n) is 5.03. The second-order valence-electron chi connectivity index (χ2n) is 9.60. The molecule has 0 aromatic heterocycles. The molecule has 0 radical (unpaired) electrons. The van der Waals surface area contributed by atoms with E-state index in [-0.39, 0.29) is 11.7 Å². The summed E-state index contributed by atoms with van der Waals surface area (Å²) in [6.45, 7) is 13.6. The second kappa shape index (κ2) is 9.96. The average Bonchev–Trinajstić information content (AvgIpc) is 3.43. The summed E-state index contributed by atoms with van der Waals surface area (Å²) in [4.78, 5) is 4.97. The highest BCUT2D eigenvalue weighted by Gasteiger charge is 2.35. The van der Waals surface area contributed by atoms with Crippen LogP contribution in [-0.4, -0.2) is 38.4 Å². The maximum Gasteiger partial charge on any atom is 0.213 e. The molecule has 4 nitrogen and oxygen atoms in total. The molecule has 2 aliphatic rings. The maximum absolute atomic E-state index is 6.14. The van der Waals surface area contributed by atoms with Gasteiger partial charge in [0.1, 0.15) is 18.1 Å². The van der Waals surface area contributed by atoms with Crippen molar-refractivity contribution in [2.24, 2.45) is 10.9 Å². The van der Waals surface area contributed by atoms with Crippen molar-refractivity contribution in [2.45, 2.75) is 53.2 Å². The minimum Gasteiger partial charge on any atom is -0.496 e. The van der Waals surface area contributed by atoms with Gasteiger partial charge in [0, 0.05) is 11.2 Å². The molecule has 2 aromatic carbocycles. The van der Waals surface area contributed by atoms with E-state index >= 15 is 0 Å². The summed E-state index contributed by atoms with van der Waals surface area (Å²) in [5.74, 6) is 3.19. The molecular formula is C29H36NO3P. The minimum absolute atomic E-state index is 0.194. The maximum atomic E-state index is 6.14. The zero-order chi connectivity index (χ0) is 24.6. The summed E-state index contributed by atoms with van der Waals surface area (Å²) in [7, 11) is 2.73. The molecule has 1 heterocycles. The average molecular weight is 478 g/mol. The van der Waals surface area contributed by atoms with Gasteiger partial charge in [-0.25, -0.2) is 4.99 Å². The zero-order valence-corrected chi connectivity index (χ0v) is 22.5. The molecular weight excluding hydrogens is 441 g/mol. The van der Waals surface area contributed by atoms with Gasteiger partial charge in [0.2, 0.25) is 5.90 Å². The highest BCUT2D eigenvalue weighted by Crippen LogP contribution is 2.48. The van der Waals surface area contributed by atoms with Gasteiger partial charge in [0.15, 0.2) is 0 Å².